The molecule has 0 saturated carbocycles. The molecule has 4 rings (SSSR count). The summed E-state index contributed by atoms with van der Waals surface area (Å²) in [6.45, 7) is 0. The standard InChI is InChI=1S/C19H15ClN2O5/c1-25-12-7-8-13(14(9-12)26-2)16-15-17(27-21-16)19(24)22(18(15)23)11-5-3-10(20)4-6-11/h3-9,17,21H,1-2H3/t17-/m0/s1. The second kappa shape index (κ2) is 6.61. The molecule has 8 heteroatoms. The quantitative estimate of drug-likeness (QED) is 0.814. The number of nitrogens with one attached hydrogen (secondary N) is 1. The molecule has 0 bridgehead atoms. The number of methoxy groups -OCH3 is 2. The van der Waals surface area contributed by atoms with E-state index in [1.807, 2.05) is 0 Å². The third kappa shape index (κ3) is 2.72. The lowest BCUT2D eigenvalue weighted by Gasteiger charge is -2.16. The molecule has 2 aromatic carbocycles. The van der Waals surface area contributed by atoms with Crippen LogP contribution in [-0.4, -0.2) is 32.1 Å². The Morgan fingerprint density at radius 1 is 1.07 bits per heavy atom. The van der Waals surface area contributed by atoms with Crippen molar-refractivity contribution in [2.24, 2.45) is 0 Å². The summed E-state index contributed by atoms with van der Waals surface area (Å²) in [4.78, 5) is 32.3. The Kier molecular flexibility index (Phi) is 4.25. The number of hydrogen-bond acceptors (Lipinski definition) is 6. The lowest BCUT2D eigenvalue weighted by Crippen LogP contribution is -2.34. The van der Waals surface area contributed by atoms with Gasteiger partial charge in [0.2, 0.25) is 0 Å². The van der Waals surface area contributed by atoms with Crippen LogP contribution in [0.15, 0.2) is 48.0 Å². The zero-order valence-electron chi connectivity index (χ0n) is 14.5. The predicted octanol–water partition coefficient (Wildman–Crippen LogP) is 2.55. The normalized spacial score (nSPS) is 18.6. The highest BCUT2D eigenvalue weighted by Gasteiger charge is 2.51. The summed E-state index contributed by atoms with van der Waals surface area (Å²) in [7, 11) is 3.06. The number of nitrogens with zero attached hydrogens (tertiary/aromatic N) is 1. The first kappa shape index (κ1) is 17.4. The van der Waals surface area contributed by atoms with Gasteiger partial charge in [0, 0.05) is 16.7 Å². The van der Waals surface area contributed by atoms with E-state index in [1.165, 1.54) is 7.11 Å². The van der Waals surface area contributed by atoms with Gasteiger partial charge in [0.05, 0.1) is 31.2 Å². The molecule has 7 nitrogen and oxygen atoms in total. The van der Waals surface area contributed by atoms with E-state index in [4.69, 9.17) is 25.9 Å². The first-order chi connectivity index (χ1) is 13.0. The molecule has 2 aliphatic rings. The zero-order chi connectivity index (χ0) is 19.1. The maximum atomic E-state index is 13.0. The number of anilines is 1. The molecule has 2 aromatic rings. The average molecular weight is 387 g/mol. The van der Waals surface area contributed by atoms with E-state index in [1.54, 1.807) is 49.6 Å². The monoisotopic (exact) mass is 386 g/mol. The first-order valence-electron chi connectivity index (χ1n) is 8.07. The number of hydrogen-bond donors (Lipinski definition) is 1. The maximum Gasteiger partial charge on any atom is 0.270 e. The molecule has 2 aliphatic heterocycles. The van der Waals surface area contributed by atoms with Crippen molar-refractivity contribution >= 4 is 34.8 Å². The van der Waals surface area contributed by atoms with Crippen LogP contribution in [0.1, 0.15) is 5.56 Å². The number of carbonyl (C=O) groups is 2. The lowest BCUT2D eigenvalue weighted by atomic mass is 10.0. The third-order valence-corrected chi connectivity index (χ3v) is 4.70. The second-order valence-corrected chi connectivity index (χ2v) is 6.35. The van der Waals surface area contributed by atoms with Crippen molar-refractivity contribution < 1.29 is 23.9 Å². The summed E-state index contributed by atoms with van der Waals surface area (Å²) in [6, 6.07) is 11.6. The Morgan fingerprint density at radius 2 is 1.81 bits per heavy atom. The van der Waals surface area contributed by atoms with Crippen LogP contribution in [0.5, 0.6) is 11.5 Å². The smallest absolute Gasteiger partial charge is 0.270 e. The van der Waals surface area contributed by atoms with Crippen molar-refractivity contribution in [1.29, 1.82) is 0 Å². The molecule has 0 spiro atoms. The van der Waals surface area contributed by atoms with Crippen molar-refractivity contribution in [3.8, 4) is 11.5 Å². The number of carbonyl (C=O) groups excluding carboxylic acids is 2. The minimum Gasteiger partial charge on any atom is -0.497 e. The Bertz CT molecular complexity index is 971. The Morgan fingerprint density at radius 3 is 2.48 bits per heavy atom. The van der Waals surface area contributed by atoms with Gasteiger partial charge in [-0.15, -0.1) is 0 Å². The van der Waals surface area contributed by atoms with Crippen LogP contribution in [0.2, 0.25) is 5.02 Å². The van der Waals surface area contributed by atoms with Crippen molar-refractivity contribution in [1.82, 2.24) is 5.48 Å². The van der Waals surface area contributed by atoms with Gasteiger partial charge < -0.3 is 9.47 Å². The van der Waals surface area contributed by atoms with Gasteiger partial charge in [-0.3, -0.25) is 19.9 Å². The fourth-order valence-electron chi connectivity index (χ4n) is 3.13. The summed E-state index contributed by atoms with van der Waals surface area (Å²) >= 11 is 5.89. The number of halogens is 1. The molecule has 2 amide bonds. The molecule has 1 N–H and O–H groups in total. The summed E-state index contributed by atoms with van der Waals surface area (Å²) < 4.78 is 10.6. The van der Waals surface area contributed by atoms with Gasteiger partial charge in [-0.1, -0.05) is 11.6 Å². The molecule has 0 aliphatic carbocycles. The van der Waals surface area contributed by atoms with Gasteiger partial charge in [-0.25, -0.2) is 4.90 Å². The van der Waals surface area contributed by atoms with Crippen molar-refractivity contribution in [2.75, 3.05) is 19.1 Å². The van der Waals surface area contributed by atoms with Gasteiger partial charge in [0.15, 0.2) is 6.10 Å². The summed E-state index contributed by atoms with van der Waals surface area (Å²) in [5.74, 6) is 0.171. The molecule has 1 saturated heterocycles. The van der Waals surface area contributed by atoms with Crippen LogP contribution in [0.3, 0.4) is 0 Å². The Balaban J connectivity index is 1.80. The summed E-state index contributed by atoms with van der Waals surface area (Å²) in [5.41, 5.74) is 4.35. The van der Waals surface area contributed by atoms with Crippen LogP contribution in [0, 0.1) is 0 Å². The second-order valence-electron chi connectivity index (χ2n) is 5.91. The van der Waals surface area contributed by atoms with E-state index in [0.717, 1.165) is 4.90 Å². The van der Waals surface area contributed by atoms with Gasteiger partial charge in [0.1, 0.15) is 11.5 Å². The van der Waals surface area contributed by atoms with Crippen molar-refractivity contribution in [3.63, 3.8) is 0 Å². The molecular formula is C19H15ClN2O5. The highest BCUT2D eigenvalue weighted by atomic mass is 35.5. The number of fused-ring (bicyclic) bond motifs is 1. The van der Waals surface area contributed by atoms with Crippen molar-refractivity contribution in [3.05, 3.63) is 58.6 Å². The van der Waals surface area contributed by atoms with Crippen LogP contribution in [0.25, 0.3) is 5.70 Å². The molecule has 1 fully saturated rings. The molecule has 2 heterocycles. The number of hydroxylamine groups is 1. The van der Waals surface area contributed by atoms with Crippen molar-refractivity contribution in [2.45, 2.75) is 6.10 Å². The molecule has 27 heavy (non-hydrogen) atoms. The van der Waals surface area contributed by atoms with Gasteiger partial charge in [0.25, 0.3) is 11.8 Å². The number of rotatable bonds is 4. The largest absolute Gasteiger partial charge is 0.497 e. The predicted molar refractivity (Wildman–Crippen MR) is 98.4 cm³/mol. The van der Waals surface area contributed by atoms with Gasteiger partial charge in [-0.05, 0) is 36.4 Å². The number of imide groups is 1. The summed E-state index contributed by atoms with van der Waals surface area (Å²) in [6.07, 6.45) is -1.02. The highest BCUT2D eigenvalue weighted by Crippen LogP contribution is 2.39. The van der Waals surface area contributed by atoms with Crippen LogP contribution < -0.4 is 19.9 Å². The Labute approximate surface area is 160 Å². The fraction of sp³-hybridized carbons (Fsp3) is 0.158. The zero-order valence-corrected chi connectivity index (χ0v) is 15.2. The number of benzene rings is 2. The van der Waals surface area contributed by atoms with E-state index >= 15 is 0 Å². The molecule has 138 valence electrons. The first-order valence-corrected chi connectivity index (χ1v) is 8.45. The maximum absolute atomic E-state index is 13.0. The number of amides is 2. The SMILES string of the molecule is COc1ccc(C2=C3C(=O)N(c4ccc(Cl)cc4)C(=O)[C@H]3ON2)c(OC)c1. The van der Waals surface area contributed by atoms with E-state index in [9.17, 15) is 9.59 Å². The summed E-state index contributed by atoms with van der Waals surface area (Å²) in [5, 5.41) is 0.513. The number of ether oxygens (including phenoxy) is 2. The third-order valence-electron chi connectivity index (χ3n) is 4.45. The molecule has 0 radical (unpaired) electrons. The van der Waals surface area contributed by atoms with Crippen LogP contribution >= 0.6 is 11.6 Å². The van der Waals surface area contributed by atoms with Gasteiger partial charge in [-0.2, -0.15) is 0 Å². The molecule has 0 unspecified atom stereocenters. The highest BCUT2D eigenvalue weighted by molar-refractivity contribution is 6.33. The minimum absolute atomic E-state index is 0.235. The molecule has 1 atom stereocenters. The minimum atomic E-state index is -1.02. The van der Waals surface area contributed by atoms with Gasteiger partial charge >= 0.3 is 0 Å². The molecular weight excluding hydrogens is 372 g/mol. The molecule has 0 aromatic heterocycles. The topological polar surface area (TPSA) is 77.1 Å². The average Bonchev–Trinajstić information content (AvgIpc) is 3.22. The van der Waals surface area contributed by atoms with E-state index in [-0.39, 0.29) is 5.57 Å². The lowest BCUT2D eigenvalue weighted by molar-refractivity contribution is -0.127. The van der Waals surface area contributed by atoms with E-state index < -0.39 is 17.9 Å². The van der Waals surface area contributed by atoms with Crippen LogP contribution in [0.4, 0.5) is 5.69 Å². The van der Waals surface area contributed by atoms with Crippen LogP contribution in [-0.2, 0) is 14.4 Å². The fourth-order valence-corrected chi connectivity index (χ4v) is 3.26. The van der Waals surface area contributed by atoms with E-state index in [2.05, 4.69) is 5.48 Å². The van der Waals surface area contributed by atoms with E-state index in [0.29, 0.717) is 33.5 Å². The Hall–Kier alpha value is -3.03.